The number of aromatic nitrogens is 1. The van der Waals surface area contributed by atoms with Crippen LogP contribution in [-0.4, -0.2) is 12.1 Å². The van der Waals surface area contributed by atoms with Crippen molar-refractivity contribution in [1.82, 2.24) is 4.98 Å². The second-order valence-corrected chi connectivity index (χ2v) is 2.20. The second kappa shape index (κ2) is 3.32. The normalized spacial score (nSPS) is 9.80. The molecule has 0 aliphatic carbocycles. The fourth-order valence-corrected chi connectivity index (χ4v) is 0.828. The molecule has 0 aromatic carbocycles. The SMILES string of the molecule is COCc1cccc(C)n1. The Kier molecular flexibility index (Phi) is 2.40. The Morgan fingerprint density at radius 3 is 2.90 bits per heavy atom. The van der Waals surface area contributed by atoms with E-state index in [0.717, 1.165) is 11.4 Å². The standard InChI is InChI=1S/C8H11NO/c1-7-4-3-5-8(9-7)6-10-2/h3-5H,6H2,1-2H3. The van der Waals surface area contributed by atoms with Gasteiger partial charge in [0, 0.05) is 12.8 Å². The highest BCUT2D eigenvalue weighted by molar-refractivity contribution is 5.08. The van der Waals surface area contributed by atoms with Crippen LogP contribution in [0.1, 0.15) is 11.4 Å². The number of pyridine rings is 1. The summed E-state index contributed by atoms with van der Waals surface area (Å²) < 4.78 is 4.92. The molecule has 54 valence electrons. The second-order valence-electron chi connectivity index (χ2n) is 2.20. The molecule has 2 heteroatoms. The highest BCUT2D eigenvalue weighted by Crippen LogP contribution is 1.98. The quantitative estimate of drug-likeness (QED) is 0.616. The summed E-state index contributed by atoms with van der Waals surface area (Å²) in [5.41, 5.74) is 2.03. The molecule has 0 atom stereocenters. The minimum atomic E-state index is 0.599. The molecule has 10 heavy (non-hydrogen) atoms. The molecule has 1 rings (SSSR count). The summed E-state index contributed by atoms with van der Waals surface area (Å²) >= 11 is 0. The van der Waals surface area contributed by atoms with Crippen LogP contribution in [0.15, 0.2) is 18.2 Å². The Morgan fingerprint density at radius 1 is 1.50 bits per heavy atom. The van der Waals surface area contributed by atoms with E-state index in [9.17, 15) is 0 Å². The van der Waals surface area contributed by atoms with Gasteiger partial charge in [-0.2, -0.15) is 0 Å². The summed E-state index contributed by atoms with van der Waals surface area (Å²) in [5, 5.41) is 0. The minimum absolute atomic E-state index is 0.599. The zero-order chi connectivity index (χ0) is 7.40. The maximum absolute atomic E-state index is 4.92. The molecule has 0 radical (unpaired) electrons. The van der Waals surface area contributed by atoms with Crippen molar-refractivity contribution in [3.05, 3.63) is 29.6 Å². The van der Waals surface area contributed by atoms with Gasteiger partial charge >= 0.3 is 0 Å². The lowest BCUT2D eigenvalue weighted by molar-refractivity contribution is 0.181. The van der Waals surface area contributed by atoms with Crippen LogP contribution in [0.2, 0.25) is 0 Å². The van der Waals surface area contributed by atoms with Gasteiger partial charge in [0.2, 0.25) is 0 Å². The number of hydrogen-bond donors (Lipinski definition) is 0. The van der Waals surface area contributed by atoms with Crippen molar-refractivity contribution in [1.29, 1.82) is 0 Å². The van der Waals surface area contributed by atoms with Crippen molar-refractivity contribution in [3.63, 3.8) is 0 Å². The van der Waals surface area contributed by atoms with Crippen molar-refractivity contribution in [2.45, 2.75) is 13.5 Å². The predicted octanol–water partition coefficient (Wildman–Crippen LogP) is 1.54. The molecule has 1 aromatic heterocycles. The number of rotatable bonds is 2. The van der Waals surface area contributed by atoms with Gasteiger partial charge in [0.25, 0.3) is 0 Å². The number of methoxy groups -OCH3 is 1. The van der Waals surface area contributed by atoms with Crippen molar-refractivity contribution < 1.29 is 4.74 Å². The molecule has 0 saturated carbocycles. The van der Waals surface area contributed by atoms with Crippen molar-refractivity contribution in [3.8, 4) is 0 Å². The fraction of sp³-hybridized carbons (Fsp3) is 0.375. The lowest BCUT2D eigenvalue weighted by Crippen LogP contribution is -1.92. The van der Waals surface area contributed by atoms with Crippen LogP contribution in [-0.2, 0) is 11.3 Å². The molecule has 0 bridgehead atoms. The first-order valence-electron chi connectivity index (χ1n) is 3.24. The van der Waals surface area contributed by atoms with Crippen LogP contribution in [0.5, 0.6) is 0 Å². The van der Waals surface area contributed by atoms with Gasteiger partial charge in [-0.3, -0.25) is 4.98 Å². The third-order valence-corrected chi connectivity index (χ3v) is 1.24. The van der Waals surface area contributed by atoms with Gasteiger partial charge in [0.1, 0.15) is 0 Å². The predicted molar refractivity (Wildman–Crippen MR) is 39.7 cm³/mol. The zero-order valence-electron chi connectivity index (χ0n) is 6.29. The van der Waals surface area contributed by atoms with E-state index in [1.807, 2.05) is 25.1 Å². The first kappa shape index (κ1) is 7.22. The largest absolute Gasteiger partial charge is 0.378 e. The lowest BCUT2D eigenvalue weighted by Gasteiger charge is -1.97. The molecule has 2 nitrogen and oxygen atoms in total. The monoisotopic (exact) mass is 137 g/mol. The van der Waals surface area contributed by atoms with Gasteiger partial charge in [0.15, 0.2) is 0 Å². The van der Waals surface area contributed by atoms with Crippen LogP contribution in [0.3, 0.4) is 0 Å². The molecule has 1 aromatic rings. The summed E-state index contributed by atoms with van der Waals surface area (Å²) in [7, 11) is 1.67. The third-order valence-electron chi connectivity index (χ3n) is 1.24. The van der Waals surface area contributed by atoms with Crippen LogP contribution >= 0.6 is 0 Å². The smallest absolute Gasteiger partial charge is 0.0884 e. The van der Waals surface area contributed by atoms with E-state index < -0.39 is 0 Å². The van der Waals surface area contributed by atoms with Gasteiger partial charge in [-0.05, 0) is 19.1 Å². The number of aryl methyl sites for hydroxylation is 1. The fourth-order valence-electron chi connectivity index (χ4n) is 0.828. The van der Waals surface area contributed by atoms with Gasteiger partial charge in [0.05, 0.1) is 12.3 Å². The molecular weight excluding hydrogens is 126 g/mol. The average Bonchev–Trinajstić information content (AvgIpc) is 1.88. The molecule has 0 unspecified atom stereocenters. The topological polar surface area (TPSA) is 22.1 Å². The van der Waals surface area contributed by atoms with Crippen LogP contribution < -0.4 is 0 Å². The van der Waals surface area contributed by atoms with Crippen molar-refractivity contribution in [2.24, 2.45) is 0 Å². The van der Waals surface area contributed by atoms with E-state index in [1.54, 1.807) is 7.11 Å². The van der Waals surface area contributed by atoms with E-state index in [0.29, 0.717) is 6.61 Å². The van der Waals surface area contributed by atoms with Gasteiger partial charge in [-0.15, -0.1) is 0 Å². The molecule has 0 saturated heterocycles. The maximum atomic E-state index is 4.92. The average molecular weight is 137 g/mol. The van der Waals surface area contributed by atoms with E-state index >= 15 is 0 Å². The highest BCUT2D eigenvalue weighted by atomic mass is 16.5. The zero-order valence-corrected chi connectivity index (χ0v) is 6.29. The summed E-state index contributed by atoms with van der Waals surface area (Å²) in [6.07, 6.45) is 0. The Labute approximate surface area is 60.9 Å². The molecule has 0 fully saturated rings. The van der Waals surface area contributed by atoms with E-state index in [-0.39, 0.29) is 0 Å². The first-order chi connectivity index (χ1) is 4.83. The molecule has 0 N–H and O–H groups in total. The maximum Gasteiger partial charge on any atom is 0.0884 e. The van der Waals surface area contributed by atoms with Crippen LogP contribution in [0.25, 0.3) is 0 Å². The Morgan fingerprint density at radius 2 is 2.30 bits per heavy atom. The Bertz CT molecular complexity index is 210. The molecule has 0 amide bonds. The Hall–Kier alpha value is -0.890. The molecule has 0 spiro atoms. The van der Waals surface area contributed by atoms with E-state index in [2.05, 4.69) is 4.98 Å². The lowest BCUT2D eigenvalue weighted by atomic mass is 10.3. The van der Waals surface area contributed by atoms with Gasteiger partial charge in [-0.25, -0.2) is 0 Å². The number of nitrogens with zero attached hydrogens (tertiary/aromatic N) is 1. The number of hydrogen-bond acceptors (Lipinski definition) is 2. The van der Waals surface area contributed by atoms with Crippen molar-refractivity contribution >= 4 is 0 Å². The van der Waals surface area contributed by atoms with Crippen LogP contribution in [0.4, 0.5) is 0 Å². The highest BCUT2D eigenvalue weighted by Gasteiger charge is 1.90. The van der Waals surface area contributed by atoms with E-state index in [4.69, 9.17) is 4.74 Å². The Balaban J connectivity index is 2.75. The first-order valence-corrected chi connectivity index (χ1v) is 3.24. The van der Waals surface area contributed by atoms with Gasteiger partial charge in [-0.1, -0.05) is 6.07 Å². The van der Waals surface area contributed by atoms with E-state index in [1.165, 1.54) is 0 Å². The third kappa shape index (κ3) is 1.81. The summed E-state index contributed by atoms with van der Waals surface area (Å²) in [5.74, 6) is 0. The molecule has 0 aliphatic heterocycles. The number of ether oxygens (including phenoxy) is 1. The van der Waals surface area contributed by atoms with Gasteiger partial charge < -0.3 is 4.74 Å². The molecule has 1 heterocycles. The van der Waals surface area contributed by atoms with Crippen molar-refractivity contribution in [2.75, 3.05) is 7.11 Å². The van der Waals surface area contributed by atoms with Crippen LogP contribution in [0, 0.1) is 6.92 Å². The molecule has 0 aliphatic rings. The minimum Gasteiger partial charge on any atom is -0.378 e. The summed E-state index contributed by atoms with van der Waals surface area (Å²) in [6.45, 7) is 2.57. The molecular formula is C8H11NO. The summed E-state index contributed by atoms with van der Waals surface area (Å²) in [4.78, 5) is 4.24. The summed E-state index contributed by atoms with van der Waals surface area (Å²) in [6, 6.07) is 5.91.